The summed E-state index contributed by atoms with van der Waals surface area (Å²) < 4.78 is 34.1. The summed E-state index contributed by atoms with van der Waals surface area (Å²) in [5.41, 5.74) is 8.71. The number of ether oxygens (including phenoxy) is 1. The Kier molecular flexibility index (Phi) is 6.81. The van der Waals surface area contributed by atoms with Crippen molar-refractivity contribution in [2.75, 3.05) is 5.32 Å². The van der Waals surface area contributed by atoms with Crippen molar-refractivity contribution in [3.8, 4) is 22.9 Å². The fraction of sp³-hybridized carbons (Fsp3) is 0.0417. The molecule has 0 saturated carbocycles. The largest absolute Gasteiger partial charge is 0.454 e. The minimum absolute atomic E-state index is 0.0391. The molecule has 35 heavy (non-hydrogen) atoms. The van der Waals surface area contributed by atoms with Crippen molar-refractivity contribution in [2.45, 2.75) is 6.54 Å². The van der Waals surface area contributed by atoms with Crippen molar-refractivity contribution in [1.82, 2.24) is 15.4 Å². The van der Waals surface area contributed by atoms with E-state index >= 15 is 0 Å². The Morgan fingerprint density at radius 2 is 1.80 bits per heavy atom. The van der Waals surface area contributed by atoms with Gasteiger partial charge in [0.1, 0.15) is 11.6 Å². The number of hydroxylamine groups is 1. The summed E-state index contributed by atoms with van der Waals surface area (Å²) in [7, 11) is 0. The molecule has 0 spiro atoms. The fourth-order valence-electron chi connectivity index (χ4n) is 3.20. The van der Waals surface area contributed by atoms with Crippen LogP contribution in [0.4, 0.5) is 14.5 Å². The molecule has 0 unspecified atom stereocenters. The second kappa shape index (κ2) is 10.1. The van der Waals surface area contributed by atoms with Crippen LogP contribution in [-0.4, -0.2) is 27.0 Å². The van der Waals surface area contributed by atoms with Crippen LogP contribution >= 0.6 is 0 Å². The summed E-state index contributed by atoms with van der Waals surface area (Å²) in [5, 5.41) is 11.2. The van der Waals surface area contributed by atoms with Crippen molar-refractivity contribution in [3.63, 3.8) is 0 Å². The topological polar surface area (TPSA) is 142 Å². The number of aromatic nitrogens is 2. The normalized spacial score (nSPS) is 10.6. The van der Waals surface area contributed by atoms with Crippen LogP contribution in [0.5, 0.6) is 11.5 Å². The number of anilines is 1. The minimum Gasteiger partial charge on any atom is -0.454 e. The monoisotopic (exact) mass is 479 g/mol. The first kappa shape index (κ1) is 23.5. The lowest BCUT2D eigenvalue weighted by atomic mass is 10.1. The number of H-pyrrole nitrogens is 1. The van der Waals surface area contributed by atoms with Crippen LogP contribution in [0.2, 0.25) is 0 Å². The van der Waals surface area contributed by atoms with Crippen LogP contribution in [0, 0.1) is 11.6 Å². The standard InChI is InChI=1S/C24H19F2N5O4/c25-17-3-1-13(11-27)7-19(17)30-23(32)14-2-4-18(26)22(9-14)35-16-5-6-28-21(10-16)20-8-15(12-29-20)24(33)31-34/h1-10,12,29,34H,11,27H2,(H,30,32)(H,31,33). The number of hydrogen-bond acceptors (Lipinski definition) is 6. The molecular formula is C24H19F2N5O4. The van der Waals surface area contributed by atoms with Gasteiger partial charge in [-0.3, -0.25) is 19.8 Å². The number of nitrogens with two attached hydrogens (primary N) is 1. The molecule has 9 nitrogen and oxygen atoms in total. The van der Waals surface area contributed by atoms with Gasteiger partial charge in [0.05, 0.1) is 22.6 Å². The Morgan fingerprint density at radius 3 is 2.57 bits per heavy atom. The molecule has 0 fully saturated rings. The number of halogens is 2. The number of aromatic amines is 1. The van der Waals surface area contributed by atoms with Gasteiger partial charge >= 0.3 is 0 Å². The van der Waals surface area contributed by atoms with Crippen LogP contribution in [0.1, 0.15) is 26.3 Å². The van der Waals surface area contributed by atoms with Gasteiger partial charge in [0.25, 0.3) is 11.8 Å². The van der Waals surface area contributed by atoms with Crippen LogP contribution in [0.15, 0.2) is 67.0 Å². The molecule has 0 atom stereocenters. The van der Waals surface area contributed by atoms with Gasteiger partial charge in [-0.15, -0.1) is 0 Å². The number of hydrogen-bond donors (Lipinski definition) is 5. The Balaban J connectivity index is 1.55. The number of amides is 2. The Bertz CT molecular complexity index is 1410. The lowest BCUT2D eigenvalue weighted by Gasteiger charge is -2.11. The molecule has 2 aromatic carbocycles. The van der Waals surface area contributed by atoms with Crippen molar-refractivity contribution in [1.29, 1.82) is 0 Å². The Morgan fingerprint density at radius 1 is 1.00 bits per heavy atom. The van der Waals surface area contributed by atoms with Gasteiger partial charge in [0.15, 0.2) is 11.6 Å². The molecule has 0 saturated heterocycles. The zero-order valence-corrected chi connectivity index (χ0v) is 18.0. The number of benzene rings is 2. The molecule has 2 heterocycles. The number of nitrogens with one attached hydrogen (secondary N) is 3. The van der Waals surface area contributed by atoms with E-state index in [4.69, 9.17) is 15.7 Å². The molecule has 2 amide bonds. The quantitative estimate of drug-likeness (QED) is 0.201. The predicted octanol–water partition coefficient (Wildman–Crippen LogP) is 3.98. The van der Waals surface area contributed by atoms with Crippen molar-refractivity contribution < 1.29 is 28.3 Å². The third-order valence-corrected chi connectivity index (χ3v) is 4.99. The molecule has 0 radical (unpaired) electrons. The van der Waals surface area contributed by atoms with Crippen LogP contribution in [0.3, 0.4) is 0 Å². The number of nitrogens with zero attached hydrogens (tertiary/aromatic N) is 1. The highest BCUT2D eigenvalue weighted by Crippen LogP contribution is 2.29. The second-order valence-corrected chi connectivity index (χ2v) is 7.34. The number of pyridine rings is 1. The number of carbonyl (C=O) groups is 2. The molecule has 0 aliphatic heterocycles. The van der Waals surface area contributed by atoms with E-state index in [9.17, 15) is 18.4 Å². The first-order valence-corrected chi connectivity index (χ1v) is 10.2. The Labute approximate surface area is 197 Å². The molecular weight excluding hydrogens is 460 g/mol. The highest BCUT2D eigenvalue weighted by molar-refractivity contribution is 6.04. The second-order valence-electron chi connectivity index (χ2n) is 7.34. The van der Waals surface area contributed by atoms with Gasteiger partial charge in [-0.25, -0.2) is 14.3 Å². The first-order chi connectivity index (χ1) is 16.9. The zero-order chi connectivity index (χ0) is 24.9. The SMILES string of the molecule is NCc1ccc(F)c(NC(=O)c2ccc(F)c(Oc3ccnc(-c4cc(C(=O)NO)c[nH]4)c3)c2)c1. The first-order valence-electron chi connectivity index (χ1n) is 10.2. The third kappa shape index (κ3) is 5.32. The van der Waals surface area contributed by atoms with Gasteiger partial charge in [0, 0.05) is 30.6 Å². The van der Waals surface area contributed by atoms with E-state index in [1.54, 1.807) is 0 Å². The lowest BCUT2D eigenvalue weighted by Crippen LogP contribution is -2.17. The van der Waals surface area contributed by atoms with Gasteiger partial charge in [0.2, 0.25) is 0 Å². The van der Waals surface area contributed by atoms with E-state index in [0.29, 0.717) is 17.0 Å². The van der Waals surface area contributed by atoms with Gasteiger partial charge in [-0.2, -0.15) is 0 Å². The van der Waals surface area contributed by atoms with E-state index in [1.165, 1.54) is 66.4 Å². The highest BCUT2D eigenvalue weighted by atomic mass is 19.1. The maximum atomic E-state index is 14.4. The van der Waals surface area contributed by atoms with Gasteiger partial charge < -0.3 is 20.8 Å². The maximum absolute atomic E-state index is 14.4. The van der Waals surface area contributed by atoms with E-state index < -0.39 is 23.4 Å². The average molecular weight is 479 g/mol. The molecule has 0 aliphatic rings. The maximum Gasteiger partial charge on any atom is 0.276 e. The molecule has 11 heteroatoms. The zero-order valence-electron chi connectivity index (χ0n) is 18.0. The number of carbonyl (C=O) groups excluding carboxylic acids is 2. The fourth-order valence-corrected chi connectivity index (χ4v) is 3.20. The summed E-state index contributed by atoms with van der Waals surface area (Å²) in [6.45, 7) is 0.171. The van der Waals surface area contributed by atoms with Gasteiger partial charge in [-0.05, 0) is 48.0 Å². The minimum atomic E-state index is -0.724. The smallest absolute Gasteiger partial charge is 0.276 e. The summed E-state index contributed by atoms with van der Waals surface area (Å²) in [6, 6.07) is 12.0. The van der Waals surface area contributed by atoms with E-state index in [1.807, 2.05) is 0 Å². The van der Waals surface area contributed by atoms with E-state index in [2.05, 4.69) is 15.3 Å². The van der Waals surface area contributed by atoms with E-state index in [0.717, 1.165) is 6.07 Å². The van der Waals surface area contributed by atoms with Crippen molar-refractivity contribution in [3.05, 3.63) is 95.3 Å². The van der Waals surface area contributed by atoms with Crippen molar-refractivity contribution in [2.24, 2.45) is 5.73 Å². The third-order valence-electron chi connectivity index (χ3n) is 4.99. The summed E-state index contributed by atoms with van der Waals surface area (Å²) >= 11 is 0. The summed E-state index contributed by atoms with van der Waals surface area (Å²) in [6.07, 6.45) is 2.79. The molecule has 0 aliphatic carbocycles. The van der Waals surface area contributed by atoms with Crippen LogP contribution in [0.25, 0.3) is 11.4 Å². The number of rotatable bonds is 7. The summed E-state index contributed by atoms with van der Waals surface area (Å²) in [5.74, 6) is -2.76. The van der Waals surface area contributed by atoms with Crippen LogP contribution in [-0.2, 0) is 6.54 Å². The molecule has 0 bridgehead atoms. The van der Waals surface area contributed by atoms with Crippen molar-refractivity contribution >= 4 is 17.5 Å². The molecule has 178 valence electrons. The molecule has 4 aromatic rings. The summed E-state index contributed by atoms with van der Waals surface area (Å²) in [4.78, 5) is 31.2. The van der Waals surface area contributed by atoms with E-state index in [-0.39, 0.29) is 34.9 Å². The predicted molar refractivity (Wildman–Crippen MR) is 122 cm³/mol. The molecule has 6 N–H and O–H groups in total. The average Bonchev–Trinajstić information content (AvgIpc) is 3.37. The molecule has 2 aromatic heterocycles. The Hall–Kier alpha value is -4.61. The van der Waals surface area contributed by atoms with Gasteiger partial charge in [-0.1, -0.05) is 6.07 Å². The highest BCUT2D eigenvalue weighted by Gasteiger charge is 2.15. The van der Waals surface area contributed by atoms with Crippen LogP contribution < -0.4 is 21.3 Å². The molecule has 4 rings (SSSR count). The lowest BCUT2D eigenvalue weighted by molar-refractivity contribution is 0.0706.